The van der Waals surface area contributed by atoms with Crippen molar-refractivity contribution in [1.82, 2.24) is 10.2 Å². The van der Waals surface area contributed by atoms with Crippen molar-refractivity contribution in [2.75, 3.05) is 19.3 Å². The number of amides is 1. The second-order valence-electron chi connectivity index (χ2n) is 7.23. The first-order chi connectivity index (χ1) is 13.2. The molecule has 1 aliphatic rings. The van der Waals surface area contributed by atoms with Crippen LogP contribution in [0.1, 0.15) is 33.6 Å². The molecule has 0 aliphatic carbocycles. The van der Waals surface area contributed by atoms with E-state index in [0.717, 1.165) is 0 Å². The third-order valence-corrected chi connectivity index (χ3v) is 4.48. The zero-order chi connectivity index (χ0) is 20.7. The number of nitriles is 1. The van der Waals surface area contributed by atoms with Crippen LogP contribution >= 0.6 is 11.8 Å². The van der Waals surface area contributed by atoms with Crippen LogP contribution in [0.5, 0.6) is 5.75 Å². The number of piperidine rings is 1. The van der Waals surface area contributed by atoms with Gasteiger partial charge in [-0.1, -0.05) is 17.8 Å². The van der Waals surface area contributed by atoms with Crippen molar-refractivity contribution in [1.29, 1.82) is 5.26 Å². The van der Waals surface area contributed by atoms with Crippen LogP contribution in [-0.2, 0) is 4.74 Å². The summed E-state index contributed by atoms with van der Waals surface area (Å²) in [6.07, 6.45) is 4.08. The van der Waals surface area contributed by atoms with Crippen molar-refractivity contribution in [2.24, 2.45) is 4.99 Å². The van der Waals surface area contributed by atoms with Crippen molar-refractivity contribution in [3.05, 3.63) is 24.0 Å². The lowest BCUT2D eigenvalue weighted by molar-refractivity contribution is 0.0124. The Labute approximate surface area is 168 Å². The lowest BCUT2D eigenvalue weighted by Gasteiger charge is -2.33. The molecule has 1 N–H and O–H groups in total. The second-order valence-corrected chi connectivity index (χ2v) is 8.03. The Balaban J connectivity index is 2.06. The summed E-state index contributed by atoms with van der Waals surface area (Å²) in [4.78, 5) is 18.1. The average Bonchev–Trinajstić information content (AvgIpc) is 2.63. The Kier molecular flexibility index (Phi) is 7.52. The van der Waals surface area contributed by atoms with Crippen LogP contribution in [0.3, 0.4) is 0 Å². The van der Waals surface area contributed by atoms with E-state index in [1.165, 1.54) is 23.9 Å². The van der Waals surface area contributed by atoms with E-state index in [0.29, 0.717) is 36.8 Å². The highest BCUT2D eigenvalue weighted by molar-refractivity contribution is 8.13. The molecule has 1 heterocycles. The summed E-state index contributed by atoms with van der Waals surface area (Å²) in [7, 11) is 0. The molecule has 0 unspecified atom stereocenters. The first kappa shape index (κ1) is 21.8. The minimum atomic E-state index is -0.545. The molecule has 28 heavy (non-hydrogen) atoms. The molecule has 0 aromatic heterocycles. The number of nitrogens with one attached hydrogen (secondary N) is 1. The van der Waals surface area contributed by atoms with E-state index in [4.69, 9.17) is 14.7 Å². The number of rotatable bonds is 3. The zero-order valence-corrected chi connectivity index (χ0v) is 17.3. The largest absolute Gasteiger partial charge is 0.485 e. The maximum atomic E-state index is 14.4. The smallest absolute Gasteiger partial charge is 0.410 e. The number of likely N-dealkylation sites (tertiary alicyclic amines) is 1. The number of carbonyl (C=O) groups excluding carboxylic acids is 1. The van der Waals surface area contributed by atoms with Gasteiger partial charge in [0.25, 0.3) is 0 Å². The number of thioether (sulfide) groups is 1. The molecule has 7 nitrogen and oxygen atoms in total. The maximum absolute atomic E-state index is 14.4. The summed E-state index contributed by atoms with van der Waals surface area (Å²) >= 11 is 1.24. The van der Waals surface area contributed by atoms with Gasteiger partial charge in [-0.05, 0) is 39.2 Å². The summed E-state index contributed by atoms with van der Waals surface area (Å²) < 4.78 is 25.6. The average molecular weight is 408 g/mol. The van der Waals surface area contributed by atoms with Gasteiger partial charge in [-0.25, -0.2) is 14.2 Å². The van der Waals surface area contributed by atoms with E-state index in [1.54, 1.807) is 23.4 Å². The van der Waals surface area contributed by atoms with Crippen molar-refractivity contribution in [3.8, 4) is 11.9 Å². The Morgan fingerprint density at radius 1 is 1.39 bits per heavy atom. The van der Waals surface area contributed by atoms with Crippen LogP contribution in [0.2, 0.25) is 0 Å². The fourth-order valence-corrected chi connectivity index (χ4v) is 2.97. The van der Waals surface area contributed by atoms with E-state index >= 15 is 0 Å². The maximum Gasteiger partial charge on any atom is 0.410 e. The number of halogens is 1. The molecule has 1 saturated heterocycles. The first-order valence-electron chi connectivity index (χ1n) is 8.94. The van der Waals surface area contributed by atoms with E-state index in [2.05, 4.69) is 10.3 Å². The number of benzene rings is 1. The van der Waals surface area contributed by atoms with Gasteiger partial charge in [0.1, 0.15) is 17.4 Å². The molecule has 152 valence electrons. The van der Waals surface area contributed by atoms with Gasteiger partial charge in [0.2, 0.25) is 0 Å². The Hall–Kier alpha value is -2.47. The number of nitrogens with zero attached hydrogens (tertiary/aromatic N) is 3. The van der Waals surface area contributed by atoms with Gasteiger partial charge >= 0.3 is 6.09 Å². The predicted molar refractivity (Wildman–Crippen MR) is 107 cm³/mol. The fourth-order valence-electron chi connectivity index (χ4n) is 2.63. The van der Waals surface area contributed by atoms with Gasteiger partial charge in [0.15, 0.2) is 22.9 Å². The molecule has 0 bridgehead atoms. The van der Waals surface area contributed by atoms with E-state index < -0.39 is 11.4 Å². The third kappa shape index (κ3) is 6.30. The minimum absolute atomic E-state index is 0.0458. The Bertz CT molecular complexity index is 765. The number of carbonyl (C=O) groups is 1. The number of amidine groups is 1. The van der Waals surface area contributed by atoms with Gasteiger partial charge < -0.3 is 14.4 Å². The normalized spacial score (nSPS) is 15.7. The molecule has 1 fully saturated rings. The minimum Gasteiger partial charge on any atom is -0.485 e. The molecule has 9 heteroatoms. The topological polar surface area (TPSA) is 86.9 Å². The predicted octanol–water partition coefficient (Wildman–Crippen LogP) is 4.03. The first-order valence-corrected chi connectivity index (χ1v) is 10.2. The van der Waals surface area contributed by atoms with Gasteiger partial charge in [-0.2, -0.15) is 5.26 Å². The molecular formula is C19H25FN4O3S. The molecule has 1 aromatic carbocycles. The summed E-state index contributed by atoms with van der Waals surface area (Å²) in [6.45, 7) is 6.42. The van der Waals surface area contributed by atoms with E-state index in [1.807, 2.05) is 20.8 Å². The lowest BCUT2D eigenvalue weighted by Crippen LogP contribution is -2.44. The van der Waals surface area contributed by atoms with Crippen LogP contribution in [0.25, 0.3) is 0 Å². The van der Waals surface area contributed by atoms with Crippen LogP contribution in [-0.4, -0.2) is 47.2 Å². The van der Waals surface area contributed by atoms with Gasteiger partial charge in [0.05, 0.1) is 0 Å². The molecule has 1 aliphatic heterocycles. The standard InChI is InChI=1S/C19H25FN4O3S/c1-19(2,3)27-18(25)24-10-8-13(9-11-24)26-16-14(20)6-5-7-15(16)23-17(28-4)22-12-21/h5-7,13H,8-11H2,1-4H3,(H,22,23). The van der Waals surface area contributed by atoms with Crippen LogP contribution < -0.4 is 10.1 Å². The third-order valence-electron chi connectivity index (χ3n) is 3.90. The summed E-state index contributed by atoms with van der Waals surface area (Å²) in [5.74, 6) is -0.474. The number of ether oxygens (including phenoxy) is 2. The van der Waals surface area contributed by atoms with Gasteiger partial charge in [-0.3, -0.25) is 5.32 Å². The molecule has 0 atom stereocenters. The summed E-state index contributed by atoms with van der Waals surface area (Å²) in [5.41, 5.74) is -0.238. The molecule has 2 rings (SSSR count). The molecular weight excluding hydrogens is 383 g/mol. The molecule has 1 aromatic rings. The van der Waals surface area contributed by atoms with Crippen molar-refractivity contribution in [3.63, 3.8) is 0 Å². The fraction of sp³-hybridized carbons (Fsp3) is 0.526. The Morgan fingerprint density at radius 2 is 2.07 bits per heavy atom. The van der Waals surface area contributed by atoms with Gasteiger partial charge in [0, 0.05) is 25.9 Å². The van der Waals surface area contributed by atoms with E-state index in [-0.39, 0.29) is 17.9 Å². The monoisotopic (exact) mass is 408 g/mol. The van der Waals surface area contributed by atoms with Crippen LogP contribution in [0, 0.1) is 17.3 Å². The molecule has 0 radical (unpaired) electrons. The van der Waals surface area contributed by atoms with Crippen molar-refractivity contribution >= 4 is 28.7 Å². The van der Waals surface area contributed by atoms with Crippen LogP contribution in [0.15, 0.2) is 23.2 Å². The van der Waals surface area contributed by atoms with Gasteiger partial charge in [-0.15, -0.1) is 0 Å². The summed E-state index contributed by atoms with van der Waals surface area (Å²) in [5, 5.41) is 11.6. The number of hydrogen-bond donors (Lipinski definition) is 1. The van der Waals surface area contributed by atoms with Crippen molar-refractivity contribution < 1.29 is 18.7 Å². The van der Waals surface area contributed by atoms with Crippen LogP contribution in [0.4, 0.5) is 14.9 Å². The number of hydrogen-bond acceptors (Lipinski definition) is 6. The van der Waals surface area contributed by atoms with Crippen molar-refractivity contribution in [2.45, 2.75) is 45.3 Å². The molecule has 1 amide bonds. The lowest BCUT2D eigenvalue weighted by atomic mass is 10.1. The SMILES string of the molecule is CSC(=Nc1cccc(F)c1OC1CCN(C(=O)OC(C)(C)C)CC1)NC#N. The second kappa shape index (κ2) is 9.64. The van der Waals surface area contributed by atoms with E-state index in [9.17, 15) is 9.18 Å². The highest BCUT2D eigenvalue weighted by atomic mass is 32.2. The number of para-hydroxylation sites is 1. The molecule has 0 spiro atoms. The highest BCUT2D eigenvalue weighted by Gasteiger charge is 2.28. The molecule has 0 saturated carbocycles. The summed E-state index contributed by atoms with van der Waals surface area (Å²) in [6, 6.07) is 4.47. The highest BCUT2D eigenvalue weighted by Crippen LogP contribution is 2.33. The Morgan fingerprint density at radius 3 is 2.64 bits per heavy atom. The number of aliphatic imine (C=N–C) groups is 1. The zero-order valence-electron chi connectivity index (χ0n) is 16.5. The quantitative estimate of drug-likeness (QED) is 0.352.